The Morgan fingerprint density at radius 1 is 1.05 bits per heavy atom. The van der Waals surface area contributed by atoms with Gasteiger partial charge in [0, 0.05) is 0 Å². The molecule has 2 bridgehead atoms. The van der Waals surface area contributed by atoms with E-state index >= 15 is 0 Å². The number of para-hydroxylation sites is 2. The van der Waals surface area contributed by atoms with Crippen molar-refractivity contribution in [1.29, 1.82) is 0 Å². The number of carbonyl (C=O) groups is 2. The third-order valence-corrected chi connectivity index (χ3v) is 5.17. The Morgan fingerprint density at radius 3 is 2.18 bits per heavy atom. The first-order chi connectivity index (χ1) is 10.7. The smallest absolute Gasteiger partial charge is 0.238 e. The molecule has 1 heterocycles. The molecular formula is C18H19NO3. The van der Waals surface area contributed by atoms with E-state index in [4.69, 9.17) is 4.74 Å². The van der Waals surface area contributed by atoms with Gasteiger partial charge in [-0.1, -0.05) is 24.3 Å². The number of hydrogen-bond acceptors (Lipinski definition) is 3. The average molecular weight is 297 g/mol. The van der Waals surface area contributed by atoms with Gasteiger partial charge in [0.25, 0.3) is 0 Å². The number of carbonyl (C=O) groups excluding carboxylic acids is 2. The molecule has 4 aliphatic rings. The highest BCUT2D eigenvalue weighted by Gasteiger charge is 2.57. The second-order valence-electron chi connectivity index (χ2n) is 6.25. The van der Waals surface area contributed by atoms with E-state index < -0.39 is 0 Å². The molecule has 22 heavy (non-hydrogen) atoms. The Bertz CT molecular complexity index is 634. The van der Waals surface area contributed by atoms with Gasteiger partial charge in [-0.2, -0.15) is 0 Å². The van der Waals surface area contributed by atoms with E-state index in [0.29, 0.717) is 18.0 Å². The summed E-state index contributed by atoms with van der Waals surface area (Å²) in [6, 6.07) is 7.31. The van der Waals surface area contributed by atoms with Crippen molar-refractivity contribution in [3.8, 4) is 5.75 Å². The number of imide groups is 1. The van der Waals surface area contributed by atoms with E-state index in [0.717, 1.165) is 12.8 Å². The molecule has 4 nitrogen and oxygen atoms in total. The van der Waals surface area contributed by atoms with Gasteiger partial charge in [0.2, 0.25) is 11.8 Å². The maximum atomic E-state index is 12.9. The summed E-state index contributed by atoms with van der Waals surface area (Å²) in [4.78, 5) is 27.2. The van der Waals surface area contributed by atoms with Crippen LogP contribution in [0.3, 0.4) is 0 Å². The summed E-state index contributed by atoms with van der Waals surface area (Å²) < 4.78 is 5.61. The highest BCUT2D eigenvalue weighted by atomic mass is 16.5. The Hall–Kier alpha value is -2.10. The van der Waals surface area contributed by atoms with Gasteiger partial charge >= 0.3 is 0 Å². The zero-order valence-electron chi connectivity index (χ0n) is 12.6. The second-order valence-corrected chi connectivity index (χ2v) is 6.25. The second kappa shape index (κ2) is 4.97. The van der Waals surface area contributed by atoms with Gasteiger partial charge in [0.05, 0.1) is 24.1 Å². The highest BCUT2D eigenvalue weighted by Crippen LogP contribution is 2.51. The number of hydrogen-bond donors (Lipinski definition) is 0. The molecule has 1 aromatic carbocycles. The molecule has 1 aromatic rings. The number of nitrogens with zero attached hydrogens (tertiary/aromatic N) is 1. The van der Waals surface area contributed by atoms with Crippen molar-refractivity contribution < 1.29 is 14.3 Å². The standard InChI is InChI=1S/C18H19NO3/c1-2-22-14-6-4-3-5-13(14)19-17(20)15-11-7-8-12(10-9-11)16(15)18(19)21/h3-8,11-12,15-16H,2,9-10H2,1H3. The summed E-state index contributed by atoms with van der Waals surface area (Å²) in [6.45, 7) is 2.40. The van der Waals surface area contributed by atoms with E-state index in [2.05, 4.69) is 12.2 Å². The summed E-state index contributed by atoms with van der Waals surface area (Å²) >= 11 is 0. The van der Waals surface area contributed by atoms with Crippen molar-refractivity contribution >= 4 is 17.5 Å². The quantitative estimate of drug-likeness (QED) is 0.636. The largest absolute Gasteiger partial charge is 0.492 e. The zero-order chi connectivity index (χ0) is 15.3. The minimum absolute atomic E-state index is 0.0544. The van der Waals surface area contributed by atoms with Crippen LogP contribution in [0.1, 0.15) is 19.8 Å². The number of rotatable bonds is 3. The summed E-state index contributed by atoms with van der Waals surface area (Å²) in [5.74, 6) is 0.580. The molecule has 1 saturated heterocycles. The first kappa shape index (κ1) is 13.6. The number of ether oxygens (including phenoxy) is 1. The number of benzene rings is 1. The molecule has 1 saturated carbocycles. The summed E-state index contributed by atoms with van der Waals surface area (Å²) in [5.41, 5.74) is 0.591. The molecule has 114 valence electrons. The predicted molar refractivity (Wildman–Crippen MR) is 82.4 cm³/mol. The van der Waals surface area contributed by atoms with E-state index in [1.165, 1.54) is 4.90 Å². The summed E-state index contributed by atoms with van der Waals surface area (Å²) in [6.07, 6.45) is 6.31. The Morgan fingerprint density at radius 2 is 1.64 bits per heavy atom. The molecule has 2 fully saturated rings. The SMILES string of the molecule is CCOc1ccccc1N1C(=O)C2C3C=CC(CC3)C2C1=O. The van der Waals surface area contributed by atoms with Gasteiger partial charge in [0.15, 0.2) is 0 Å². The van der Waals surface area contributed by atoms with Crippen LogP contribution in [-0.2, 0) is 9.59 Å². The molecular weight excluding hydrogens is 278 g/mol. The summed E-state index contributed by atoms with van der Waals surface area (Å²) in [5, 5.41) is 0. The lowest BCUT2D eigenvalue weighted by molar-refractivity contribution is -0.124. The van der Waals surface area contributed by atoms with Crippen LogP contribution in [0.2, 0.25) is 0 Å². The number of amides is 2. The molecule has 4 unspecified atom stereocenters. The van der Waals surface area contributed by atoms with E-state index in [-0.39, 0.29) is 35.5 Å². The maximum Gasteiger partial charge on any atom is 0.238 e. The third-order valence-electron chi connectivity index (χ3n) is 5.17. The maximum absolute atomic E-state index is 12.9. The van der Waals surface area contributed by atoms with Crippen molar-refractivity contribution in [2.24, 2.45) is 23.7 Å². The van der Waals surface area contributed by atoms with Crippen LogP contribution in [0.25, 0.3) is 0 Å². The Kier molecular flexibility index (Phi) is 3.06. The van der Waals surface area contributed by atoms with E-state index in [1.54, 1.807) is 6.07 Å². The lowest BCUT2D eigenvalue weighted by atomic mass is 9.63. The average Bonchev–Trinajstić information content (AvgIpc) is 2.83. The zero-order valence-corrected chi connectivity index (χ0v) is 12.6. The van der Waals surface area contributed by atoms with Crippen LogP contribution in [0.15, 0.2) is 36.4 Å². The Balaban J connectivity index is 1.76. The van der Waals surface area contributed by atoms with Crippen molar-refractivity contribution in [1.82, 2.24) is 0 Å². The van der Waals surface area contributed by atoms with Crippen LogP contribution in [-0.4, -0.2) is 18.4 Å². The van der Waals surface area contributed by atoms with E-state index in [1.807, 2.05) is 25.1 Å². The van der Waals surface area contributed by atoms with Crippen molar-refractivity contribution in [2.75, 3.05) is 11.5 Å². The van der Waals surface area contributed by atoms with E-state index in [9.17, 15) is 9.59 Å². The van der Waals surface area contributed by atoms with Gasteiger partial charge < -0.3 is 4.74 Å². The molecule has 4 heteroatoms. The van der Waals surface area contributed by atoms with Crippen molar-refractivity contribution in [2.45, 2.75) is 19.8 Å². The minimum atomic E-state index is -0.175. The van der Waals surface area contributed by atoms with Gasteiger partial charge in [-0.25, -0.2) is 4.90 Å². The van der Waals surface area contributed by atoms with Crippen LogP contribution >= 0.6 is 0 Å². The van der Waals surface area contributed by atoms with Gasteiger partial charge in [0.1, 0.15) is 5.75 Å². The fourth-order valence-corrected chi connectivity index (χ4v) is 4.23. The monoisotopic (exact) mass is 297 g/mol. The van der Waals surface area contributed by atoms with Gasteiger partial charge in [-0.3, -0.25) is 9.59 Å². The van der Waals surface area contributed by atoms with Crippen molar-refractivity contribution in [3.05, 3.63) is 36.4 Å². The third kappa shape index (κ3) is 1.76. The fourth-order valence-electron chi connectivity index (χ4n) is 4.23. The number of fused-ring (bicyclic) bond motifs is 1. The van der Waals surface area contributed by atoms with Crippen LogP contribution in [0.4, 0.5) is 5.69 Å². The molecule has 0 N–H and O–H groups in total. The molecule has 0 radical (unpaired) electrons. The minimum Gasteiger partial charge on any atom is -0.492 e. The molecule has 2 amide bonds. The first-order valence-electron chi connectivity index (χ1n) is 8.00. The lowest BCUT2D eigenvalue weighted by Gasteiger charge is -2.38. The predicted octanol–water partition coefficient (Wildman–Crippen LogP) is 2.79. The molecule has 0 aromatic heterocycles. The van der Waals surface area contributed by atoms with Crippen molar-refractivity contribution in [3.63, 3.8) is 0 Å². The number of allylic oxidation sites excluding steroid dienone is 2. The molecule has 5 rings (SSSR count). The molecule has 0 spiro atoms. The van der Waals surface area contributed by atoms with Crippen LogP contribution in [0, 0.1) is 23.7 Å². The van der Waals surface area contributed by atoms with Crippen LogP contribution < -0.4 is 9.64 Å². The van der Waals surface area contributed by atoms with Gasteiger partial charge in [-0.05, 0) is 43.7 Å². The lowest BCUT2D eigenvalue weighted by Crippen LogP contribution is -2.38. The first-order valence-corrected chi connectivity index (χ1v) is 8.00. The molecule has 3 aliphatic carbocycles. The molecule has 1 aliphatic heterocycles. The van der Waals surface area contributed by atoms with Gasteiger partial charge in [-0.15, -0.1) is 0 Å². The topological polar surface area (TPSA) is 46.6 Å². The normalized spacial score (nSPS) is 32.5. The molecule has 4 atom stereocenters. The highest BCUT2D eigenvalue weighted by molar-refractivity contribution is 6.23. The number of anilines is 1. The summed E-state index contributed by atoms with van der Waals surface area (Å²) in [7, 11) is 0. The van der Waals surface area contributed by atoms with Crippen LogP contribution in [0.5, 0.6) is 5.75 Å². The fraction of sp³-hybridized carbons (Fsp3) is 0.444. The Labute approximate surface area is 129 Å².